The molecule has 0 saturated carbocycles. The van der Waals surface area contributed by atoms with Gasteiger partial charge in [-0.2, -0.15) is 0 Å². The SMILES string of the molecule is Cc1cccc(C(=O)N(CC(C)C)c2c(N)n(CC(C)C)c(=O)[nH]c2=O)c1C. The van der Waals surface area contributed by atoms with Crippen LogP contribution in [0.25, 0.3) is 0 Å². The standard InChI is InChI=1S/C21H30N4O3/c1-12(2)10-24(20(27)16-9-7-8-14(5)15(16)6)17-18(22)25(11-13(3)4)21(28)23-19(17)26/h7-9,12-13H,10-11,22H2,1-6H3,(H,23,26,28). The average molecular weight is 386 g/mol. The smallest absolute Gasteiger partial charge is 0.330 e. The van der Waals surface area contributed by atoms with Crippen LogP contribution in [0, 0.1) is 25.7 Å². The van der Waals surface area contributed by atoms with Crippen LogP contribution in [0.2, 0.25) is 0 Å². The van der Waals surface area contributed by atoms with Crippen molar-refractivity contribution in [2.45, 2.75) is 48.1 Å². The summed E-state index contributed by atoms with van der Waals surface area (Å²) in [5, 5.41) is 0. The van der Waals surface area contributed by atoms with E-state index in [2.05, 4.69) is 4.98 Å². The third-order valence-electron chi connectivity index (χ3n) is 4.66. The zero-order chi connectivity index (χ0) is 21.2. The maximum absolute atomic E-state index is 13.4. The van der Waals surface area contributed by atoms with Gasteiger partial charge in [0.05, 0.1) is 0 Å². The van der Waals surface area contributed by atoms with E-state index in [-0.39, 0.29) is 29.2 Å². The minimum absolute atomic E-state index is 0.0155. The molecule has 7 nitrogen and oxygen atoms in total. The van der Waals surface area contributed by atoms with Gasteiger partial charge in [-0.15, -0.1) is 0 Å². The minimum Gasteiger partial charge on any atom is -0.383 e. The molecule has 0 spiro atoms. The van der Waals surface area contributed by atoms with Gasteiger partial charge in [0.25, 0.3) is 11.5 Å². The highest BCUT2D eigenvalue weighted by Crippen LogP contribution is 2.23. The van der Waals surface area contributed by atoms with E-state index in [1.807, 2.05) is 53.7 Å². The number of nitrogens with zero attached hydrogens (tertiary/aromatic N) is 2. The van der Waals surface area contributed by atoms with E-state index in [9.17, 15) is 14.4 Å². The second-order valence-corrected chi connectivity index (χ2v) is 8.05. The molecule has 0 aliphatic heterocycles. The van der Waals surface area contributed by atoms with E-state index in [4.69, 9.17) is 5.73 Å². The molecule has 1 aromatic carbocycles. The molecule has 3 N–H and O–H groups in total. The number of amides is 1. The van der Waals surface area contributed by atoms with Gasteiger partial charge >= 0.3 is 5.69 Å². The number of aryl methyl sites for hydroxylation is 1. The number of aromatic amines is 1. The maximum atomic E-state index is 13.4. The third-order valence-corrected chi connectivity index (χ3v) is 4.66. The van der Waals surface area contributed by atoms with Crippen LogP contribution in [0.1, 0.15) is 49.2 Å². The highest BCUT2D eigenvalue weighted by atomic mass is 16.2. The Balaban J connectivity index is 2.70. The highest BCUT2D eigenvalue weighted by Gasteiger charge is 2.27. The van der Waals surface area contributed by atoms with Crippen LogP contribution in [-0.2, 0) is 6.54 Å². The molecule has 0 aliphatic rings. The monoisotopic (exact) mass is 386 g/mol. The summed E-state index contributed by atoms with van der Waals surface area (Å²) in [6.45, 7) is 12.3. The van der Waals surface area contributed by atoms with Crippen molar-refractivity contribution in [1.29, 1.82) is 0 Å². The summed E-state index contributed by atoms with van der Waals surface area (Å²) in [4.78, 5) is 42.0. The largest absolute Gasteiger partial charge is 0.383 e. The van der Waals surface area contributed by atoms with Crippen LogP contribution in [0.3, 0.4) is 0 Å². The van der Waals surface area contributed by atoms with Crippen molar-refractivity contribution in [3.05, 3.63) is 55.7 Å². The van der Waals surface area contributed by atoms with Crippen molar-refractivity contribution in [3.8, 4) is 0 Å². The Morgan fingerprint density at radius 3 is 2.36 bits per heavy atom. The molecular formula is C21H30N4O3. The number of anilines is 2. The lowest BCUT2D eigenvalue weighted by Gasteiger charge is -2.27. The van der Waals surface area contributed by atoms with Gasteiger partial charge in [0.15, 0.2) is 5.69 Å². The third kappa shape index (κ3) is 4.35. The highest BCUT2D eigenvalue weighted by molar-refractivity contribution is 6.08. The van der Waals surface area contributed by atoms with Crippen LogP contribution in [0.4, 0.5) is 11.5 Å². The Labute approximate surface area is 165 Å². The summed E-state index contributed by atoms with van der Waals surface area (Å²) < 4.78 is 1.32. The summed E-state index contributed by atoms with van der Waals surface area (Å²) in [6.07, 6.45) is 0. The molecule has 0 radical (unpaired) electrons. The first-order chi connectivity index (χ1) is 13.0. The lowest BCUT2D eigenvalue weighted by molar-refractivity contribution is 0.0983. The summed E-state index contributed by atoms with van der Waals surface area (Å²) in [7, 11) is 0. The first-order valence-electron chi connectivity index (χ1n) is 9.55. The van der Waals surface area contributed by atoms with Gasteiger partial charge < -0.3 is 10.6 Å². The predicted octanol–water partition coefficient (Wildman–Crippen LogP) is 2.69. The Hall–Kier alpha value is -2.83. The zero-order valence-electron chi connectivity index (χ0n) is 17.5. The molecule has 0 atom stereocenters. The van der Waals surface area contributed by atoms with E-state index < -0.39 is 11.2 Å². The van der Waals surface area contributed by atoms with Gasteiger partial charge in [-0.1, -0.05) is 39.8 Å². The lowest BCUT2D eigenvalue weighted by Crippen LogP contribution is -2.43. The van der Waals surface area contributed by atoms with E-state index >= 15 is 0 Å². The van der Waals surface area contributed by atoms with Gasteiger partial charge in [-0.25, -0.2) is 4.79 Å². The van der Waals surface area contributed by atoms with E-state index in [0.29, 0.717) is 18.7 Å². The van der Waals surface area contributed by atoms with Crippen molar-refractivity contribution in [3.63, 3.8) is 0 Å². The first kappa shape index (κ1) is 21.5. The number of carbonyl (C=O) groups is 1. The van der Waals surface area contributed by atoms with Crippen molar-refractivity contribution in [1.82, 2.24) is 9.55 Å². The van der Waals surface area contributed by atoms with Crippen LogP contribution in [0.5, 0.6) is 0 Å². The number of aromatic nitrogens is 2. The number of benzene rings is 1. The predicted molar refractivity (Wildman–Crippen MR) is 113 cm³/mol. The second-order valence-electron chi connectivity index (χ2n) is 8.05. The quantitative estimate of drug-likeness (QED) is 0.797. The normalized spacial score (nSPS) is 11.3. The fraction of sp³-hybridized carbons (Fsp3) is 0.476. The number of carbonyl (C=O) groups excluding carboxylic acids is 1. The minimum atomic E-state index is -0.651. The molecule has 2 aromatic rings. The number of nitrogens with two attached hydrogens (primary N) is 1. The topological polar surface area (TPSA) is 101 Å². The number of nitrogen functional groups attached to an aromatic ring is 1. The molecule has 0 aliphatic carbocycles. The van der Waals surface area contributed by atoms with E-state index in [0.717, 1.165) is 11.1 Å². The van der Waals surface area contributed by atoms with Crippen molar-refractivity contribution < 1.29 is 4.79 Å². The molecular weight excluding hydrogens is 356 g/mol. The van der Waals surface area contributed by atoms with Gasteiger partial charge in [-0.05, 0) is 42.9 Å². The van der Waals surface area contributed by atoms with Crippen LogP contribution in [0.15, 0.2) is 27.8 Å². The molecule has 0 saturated heterocycles. The lowest BCUT2D eigenvalue weighted by atomic mass is 10.0. The van der Waals surface area contributed by atoms with E-state index in [1.165, 1.54) is 9.47 Å². The molecule has 0 bridgehead atoms. The van der Waals surface area contributed by atoms with Crippen molar-refractivity contribution in [2.75, 3.05) is 17.2 Å². The summed E-state index contributed by atoms with van der Waals surface area (Å²) in [6, 6.07) is 5.49. The summed E-state index contributed by atoms with van der Waals surface area (Å²) >= 11 is 0. The van der Waals surface area contributed by atoms with Crippen LogP contribution < -0.4 is 21.9 Å². The fourth-order valence-electron chi connectivity index (χ4n) is 3.15. The first-order valence-corrected chi connectivity index (χ1v) is 9.55. The summed E-state index contributed by atoms with van der Waals surface area (Å²) in [5.41, 5.74) is 7.41. The van der Waals surface area contributed by atoms with Crippen LogP contribution >= 0.6 is 0 Å². The Morgan fingerprint density at radius 2 is 1.79 bits per heavy atom. The maximum Gasteiger partial charge on any atom is 0.330 e. The molecule has 7 heteroatoms. The molecule has 1 amide bonds. The average Bonchev–Trinajstić information content (AvgIpc) is 2.59. The molecule has 2 rings (SSSR count). The number of hydrogen-bond acceptors (Lipinski definition) is 4. The van der Waals surface area contributed by atoms with Crippen molar-refractivity contribution in [2.24, 2.45) is 11.8 Å². The van der Waals surface area contributed by atoms with Crippen LogP contribution in [-0.4, -0.2) is 22.0 Å². The van der Waals surface area contributed by atoms with Gasteiger partial charge in [0.2, 0.25) is 0 Å². The van der Waals surface area contributed by atoms with E-state index in [1.54, 1.807) is 6.07 Å². The molecule has 1 heterocycles. The Kier molecular flexibility index (Phi) is 6.48. The van der Waals surface area contributed by atoms with Crippen molar-refractivity contribution >= 4 is 17.4 Å². The zero-order valence-corrected chi connectivity index (χ0v) is 17.5. The molecule has 28 heavy (non-hydrogen) atoms. The fourth-order valence-corrected chi connectivity index (χ4v) is 3.15. The number of nitrogens with one attached hydrogen (secondary N) is 1. The number of rotatable bonds is 6. The molecule has 0 fully saturated rings. The van der Waals surface area contributed by atoms with Gasteiger partial charge in [0.1, 0.15) is 5.82 Å². The summed E-state index contributed by atoms with van der Waals surface area (Å²) in [5.74, 6) is -0.0473. The molecule has 1 aromatic heterocycles. The van der Waals surface area contributed by atoms with Gasteiger partial charge in [-0.3, -0.25) is 19.1 Å². The van der Waals surface area contributed by atoms with Gasteiger partial charge in [0, 0.05) is 18.7 Å². The number of hydrogen-bond donors (Lipinski definition) is 2. The Bertz CT molecular complexity index is 986. The second kappa shape index (κ2) is 8.46. The number of H-pyrrole nitrogens is 1. The molecule has 152 valence electrons. The molecule has 0 unspecified atom stereocenters. The Morgan fingerprint density at radius 1 is 1.14 bits per heavy atom.